The Bertz CT molecular complexity index is 5560. The molecule has 444 valence electrons. The Balaban J connectivity index is 0.887. The second-order valence-electron chi connectivity index (χ2n) is 28.6. The van der Waals surface area contributed by atoms with Gasteiger partial charge in [0.15, 0.2) is 0 Å². The van der Waals surface area contributed by atoms with Gasteiger partial charge in [-0.15, -0.1) is 0 Å². The lowest BCUT2D eigenvalue weighted by Gasteiger charge is -2.36. The third-order valence-corrected chi connectivity index (χ3v) is 22.1. The van der Waals surface area contributed by atoms with E-state index in [9.17, 15) is 0 Å². The lowest BCUT2D eigenvalue weighted by atomic mass is 9.66. The third-order valence-electron chi connectivity index (χ3n) is 22.1. The van der Waals surface area contributed by atoms with Crippen molar-refractivity contribution in [3.05, 3.63) is 351 Å². The molecular weight excluding hydrogens is 1130 g/mol. The van der Waals surface area contributed by atoms with E-state index < -0.39 is 16.2 Å². The van der Waals surface area contributed by atoms with Crippen LogP contribution in [0.4, 0.5) is 17.1 Å². The molecule has 0 amide bonds. The highest BCUT2D eigenvalue weighted by molar-refractivity contribution is 6.21. The van der Waals surface area contributed by atoms with Crippen LogP contribution in [0.1, 0.15) is 121 Å². The maximum absolute atomic E-state index is 7.11. The van der Waals surface area contributed by atoms with Gasteiger partial charge < -0.3 is 13.7 Å². The number of anilines is 3. The van der Waals surface area contributed by atoms with Crippen LogP contribution in [-0.2, 0) is 27.1 Å². The molecule has 0 saturated carbocycles. The molecule has 0 saturated heterocycles. The first kappa shape index (κ1) is 54.0. The van der Waals surface area contributed by atoms with E-state index >= 15 is 0 Å². The maximum Gasteiger partial charge on any atom is 0.144 e. The van der Waals surface area contributed by atoms with E-state index in [-0.39, 0.29) is 10.8 Å². The SMILES string of the molecule is CC(C)(C)c1ccc(N(c2ccc3c(c2)C(C)(C)c2c4c(c5oc6ccccc6c5c2-3)-c2ccccc2C4(C)C)c2ccc3c(c2)C(c2ccccc2)(c2ccccc2)c2cc4c(cc2-3)C(c2ccccc2)(c2ccccc2)c2ccc3oc5ccccc5c3c2-4)cc1. The van der Waals surface area contributed by atoms with Gasteiger partial charge in [-0.05, 0) is 183 Å². The molecule has 15 aromatic rings. The minimum atomic E-state index is -0.762. The number of benzene rings is 13. The Morgan fingerprint density at radius 1 is 0.301 bits per heavy atom. The first-order chi connectivity index (χ1) is 45.3. The molecule has 3 nitrogen and oxygen atoms in total. The van der Waals surface area contributed by atoms with E-state index in [4.69, 9.17) is 8.83 Å². The summed E-state index contributed by atoms with van der Waals surface area (Å²) in [5.41, 5.74) is 31.4. The van der Waals surface area contributed by atoms with E-state index in [1.165, 1.54) is 122 Å². The summed E-state index contributed by atoms with van der Waals surface area (Å²) >= 11 is 0. The summed E-state index contributed by atoms with van der Waals surface area (Å²) in [5.74, 6) is 0. The summed E-state index contributed by atoms with van der Waals surface area (Å²) in [6, 6.07) is 105. The summed E-state index contributed by atoms with van der Waals surface area (Å²) in [5, 5.41) is 4.63. The molecule has 0 radical (unpaired) electrons. The van der Waals surface area contributed by atoms with Crippen LogP contribution in [0.3, 0.4) is 0 Å². The first-order valence-electron chi connectivity index (χ1n) is 33.0. The number of rotatable bonds is 7. The van der Waals surface area contributed by atoms with E-state index in [1.807, 2.05) is 0 Å². The molecule has 0 fully saturated rings. The van der Waals surface area contributed by atoms with Gasteiger partial charge in [-0.2, -0.15) is 0 Å². The molecule has 2 aromatic heterocycles. The fourth-order valence-corrected chi connectivity index (χ4v) is 18.1. The zero-order chi connectivity index (χ0) is 62.5. The molecule has 4 aliphatic carbocycles. The number of furan rings is 2. The van der Waals surface area contributed by atoms with E-state index in [2.05, 4.69) is 332 Å². The molecule has 4 aliphatic rings. The van der Waals surface area contributed by atoms with Crippen LogP contribution in [-0.4, -0.2) is 0 Å². The predicted octanol–water partition coefficient (Wildman–Crippen LogP) is 23.6. The second-order valence-corrected chi connectivity index (χ2v) is 28.6. The van der Waals surface area contributed by atoms with Crippen LogP contribution >= 0.6 is 0 Å². The van der Waals surface area contributed by atoms with Gasteiger partial charge in [0.05, 0.1) is 10.8 Å². The average molecular weight is 1190 g/mol. The Kier molecular flexibility index (Phi) is 11.0. The molecule has 0 spiro atoms. The van der Waals surface area contributed by atoms with Crippen LogP contribution in [0.25, 0.3) is 88.4 Å². The summed E-state index contributed by atoms with van der Waals surface area (Å²) in [7, 11) is 0. The average Bonchev–Trinajstić information content (AvgIpc) is 1.51. The highest BCUT2D eigenvalue weighted by Gasteiger charge is 2.53. The van der Waals surface area contributed by atoms with Crippen LogP contribution in [0.15, 0.2) is 288 Å². The van der Waals surface area contributed by atoms with Crippen molar-refractivity contribution in [1.82, 2.24) is 0 Å². The van der Waals surface area contributed by atoms with Crippen molar-refractivity contribution in [3.8, 4) is 44.5 Å². The highest BCUT2D eigenvalue weighted by atomic mass is 16.3. The van der Waals surface area contributed by atoms with Gasteiger partial charge in [0.25, 0.3) is 0 Å². The fraction of sp³-hybridized carbons (Fsp3) is 0.133. The number of nitrogens with zero attached hydrogens (tertiary/aromatic N) is 1. The Hall–Kier alpha value is -10.7. The molecule has 2 heterocycles. The molecule has 0 aliphatic heterocycles. The van der Waals surface area contributed by atoms with Crippen molar-refractivity contribution in [2.75, 3.05) is 4.90 Å². The first-order valence-corrected chi connectivity index (χ1v) is 33.0. The highest BCUT2D eigenvalue weighted by Crippen LogP contribution is 2.67. The summed E-state index contributed by atoms with van der Waals surface area (Å²) in [6.45, 7) is 16.7. The molecule has 0 atom stereocenters. The van der Waals surface area contributed by atoms with E-state index in [0.717, 1.165) is 55.6 Å². The van der Waals surface area contributed by atoms with Crippen molar-refractivity contribution in [2.45, 2.75) is 75.5 Å². The smallest absolute Gasteiger partial charge is 0.144 e. The van der Waals surface area contributed by atoms with Crippen LogP contribution in [0.2, 0.25) is 0 Å². The van der Waals surface area contributed by atoms with E-state index in [0.29, 0.717) is 0 Å². The normalized spacial score (nSPS) is 15.4. The van der Waals surface area contributed by atoms with Gasteiger partial charge in [-0.25, -0.2) is 0 Å². The van der Waals surface area contributed by atoms with Crippen molar-refractivity contribution in [2.24, 2.45) is 0 Å². The molecule has 3 heteroatoms. The molecular formula is C90H67NO2. The van der Waals surface area contributed by atoms with Gasteiger partial charge in [0.1, 0.15) is 22.3 Å². The van der Waals surface area contributed by atoms with E-state index in [1.54, 1.807) is 0 Å². The van der Waals surface area contributed by atoms with Crippen LogP contribution < -0.4 is 4.90 Å². The monoisotopic (exact) mass is 1190 g/mol. The number of hydrogen-bond donors (Lipinski definition) is 0. The largest absolute Gasteiger partial charge is 0.456 e. The van der Waals surface area contributed by atoms with Gasteiger partial charge in [-0.1, -0.05) is 261 Å². The van der Waals surface area contributed by atoms with Gasteiger partial charge in [0, 0.05) is 55.0 Å². The fourth-order valence-electron chi connectivity index (χ4n) is 18.1. The Morgan fingerprint density at radius 2 is 0.753 bits per heavy atom. The molecule has 13 aromatic carbocycles. The standard InChI is InChI=1S/C90H67NO2/c1-86(2,3)54-40-42-59(43-41-54)91(60-45-47-64-71(50-60)88(6,7)83-80(64)81-66-36-22-25-39-76(66)93-85(81)82-63-34-20-23-37-69(63)87(4,5)84(82)83)61-44-46-62-67-52-74-68(53-73(67)90(72(62)51-61,57-30-16-10-17-31-57)58-32-18-11-19-33-58)78-70(48-49-77-79(78)65-35-21-24-38-75(65)92-77)89(74,55-26-12-8-13-27-55)56-28-14-9-15-29-56/h8-53H,1-7H3. The lowest BCUT2D eigenvalue weighted by Crippen LogP contribution is -2.30. The zero-order valence-electron chi connectivity index (χ0n) is 53.3. The Labute approximate surface area is 542 Å². The van der Waals surface area contributed by atoms with Crippen LogP contribution in [0.5, 0.6) is 0 Å². The van der Waals surface area contributed by atoms with Crippen LogP contribution in [0, 0.1) is 0 Å². The quantitative estimate of drug-likeness (QED) is 0.159. The molecule has 0 N–H and O–H groups in total. The minimum Gasteiger partial charge on any atom is -0.456 e. The van der Waals surface area contributed by atoms with Crippen molar-refractivity contribution >= 4 is 60.9 Å². The Morgan fingerprint density at radius 3 is 1.37 bits per heavy atom. The number of fused-ring (bicyclic) bond motifs is 22. The predicted molar refractivity (Wildman–Crippen MR) is 384 cm³/mol. The lowest BCUT2D eigenvalue weighted by molar-refractivity contribution is 0.590. The number of para-hydroxylation sites is 2. The molecule has 19 rings (SSSR count). The van der Waals surface area contributed by atoms with Gasteiger partial charge >= 0.3 is 0 Å². The van der Waals surface area contributed by atoms with Crippen molar-refractivity contribution < 1.29 is 8.83 Å². The van der Waals surface area contributed by atoms with Gasteiger partial charge in [-0.3, -0.25) is 0 Å². The topological polar surface area (TPSA) is 29.5 Å². The molecule has 0 unspecified atom stereocenters. The van der Waals surface area contributed by atoms with Gasteiger partial charge in [0.2, 0.25) is 0 Å². The van der Waals surface area contributed by atoms with Crippen molar-refractivity contribution in [3.63, 3.8) is 0 Å². The molecule has 0 bridgehead atoms. The summed E-state index contributed by atoms with van der Waals surface area (Å²) < 4.78 is 13.9. The minimum absolute atomic E-state index is 0.0385. The third kappa shape index (κ3) is 7.04. The van der Waals surface area contributed by atoms with Crippen molar-refractivity contribution in [1.29, 1.82) is 0 Å². The zero-order valence-corrected chi connectivity index (χ0v) is 53.3. The second kappa shape index (κ2) is 18.9. The molecule has 93 heavy (non-hydrogen) atoms. The number of hydrogen-bond acceptors (Lipinski definition) is 3. The summed E-state index contributed by atoms with van der Waals surface area (Å²) in [6.07, 6.45) is 0. The maximum atomic E-state index is 7.11. The summed E-state index contributed by atoms with van der Waals surface area (Å²) in [4.78, 5) is 2.54.